The van der Waals surface area contributed by atoms with Crippen LogP contribution in [-0.4, -0.2) is 31.8 Å². The van der Waals surface area contributed by atoms with Crippen LogP contribution in [0.2, 0.25) is 0 Å². The van der Waals surface area contributed by atoms with E-state index in [2.05, 4.69) is 11.9 Å². The molecule has 0 aromatic carbocycles. The number of fused-ring (bicyclic) bond motifs is 5. The van der Waals surface area contributed by atoms with Gasteiger partial charge in [0.1, 0.15) is 5.60 Å². The van der Waals surface area contributed by atoms with Crippen LogP contribution in [0.25, 0.3) is 0 Å². The van der Waals surface area contributed by atoms with E-state index in [1.165, 1.54) is 5.57 Å². The van der Waals surface area contributed by atoms with Crippen LogP contribution in [-0.2, 0) is 16.1 Å². The number of aromatic nitrogens is 2. The zero-order valence-corrected chi connectivity index (χ0v) is 19.2. The fourth-order valence-corrected chi connectivity index (χ4v) is 7.94. The van der Waals surface area contributed by atoms with Crippen LogP contribution in [0.5, 0.6) is 0 Å². The van der Waals surface area contributed by atoms with E-state index in [0.717, 1.165) is 25.7 Å². The molecule has 2 N–H and O–H groups in total. The lowest BCUT2D eigenvalue weighted by molar-refractivity contribution is -0.163. The number of allylic oxidation sites excluding steroid dienone is 1. The third-order valence-corrected chi connectivity index (χ3v) is 9.89. The van der Waals surface area contributed by atoms with Crippen molar-refractivity contribution in [3.63, 3.8) is 0 Å². The summed E-state index contributed by atoms with van der Waals surface area (Å²) in [6.45, 7) is 3.60. The summed E-state index contributed by atoms with van der Waals surface area (Å²) < 4.78 is 14.2. The van der Waals surface area contributed by atoms with E-state index in [1.807, 2.05) is 13.0 Å². The van der Waals surface area contributed by atoms with Gasteiger partial charge in [-0.25, -0.2) is 4.79 Å². The lowest BCUT2D eigenvalue weighted by Crippen LogP contribution is -2.58. The van der Waals surface area contributed by atoms with Crippen molar-refractivity contribution in [2.45, 2.75) is 77.4 Å². The highest BCUT2D eigenvalue weighted by atomic mass is 19.1. The van der Waals surface area contributed by atoms with Crippen LogP contribution in [0.1, 0.15) is 65.2 Å². The standard InChI is InChI=1S/C25H31FN2O5/c1-23-8-5-15(29)11-14(23)3-4-16-17(23)6-9-24(2)18(16)7-10-25(24,33)20(30)13-28-21(31)19(26)12-27-22(28)32/h11-12,16-18,33H,3-10,13H2,1-2H3,(H,27,32)/t16-,17+,18+,23+,24+,25-/m1/s1. The molecular weight excluding hydrogens is 427 g/mol. The number of Topliss-reactive ketones (excluding diaryl/α,β-unsaturated/α-hetero) is 1. The summed E-state index contributed by atoms with van der Waals surface area (Å²) in [6, 6.07) is 0. The van der Waals surface area contributed by atoms with Crippen molar-refractivity contribution < 1.29 is 19.1 Å². The number of H-pyrrole nitrogens is 1. The van der Waals surface area contributed by atoms with E-state index in [0.29, 0.717) is 41.9 Å². The summed E-state index contributed by atoms with van der Waals surface area (Å²) in [7, 11) is 0. The van der Waals surface area contributed by atoms with Crippen molar-refractivity contribution >= 4 is 11.6 Å². The van der Waals surface area contributed by atoms with E-state index in [4.69, 9.17) is 0 Å². The van der Waals surface area contributed by atoms with Crippen LogP contribution in [0.4, 0.5) is 4.39 Å². The maximum absolute atomic E-state index is 13.7. The Balaban J connectivity index is 1.44. The predicted molar refractivity (Wildman–Crippen MR) is 118 cm³/mol. The van der Waals surface area contributed by atoms with Gasteiger partial charge in [0, 0.05) is 18.0 Å². The molecule has 1 heterocycles. The minimum Gasteiger partial charge on any atom is -0.381 e. The molecule has 1 aromatic heterocycles. The fraction of sp³-hybridized carbons (Fsp3) is 0.680. The van der Waals surface area contributed by atoms with Crippen LogP contribution < -0.4 is 11.2 Å². The Morgan fingerprint density at radius 2 is 1.85 bits per heavy atom. The molecule has 7 nitrogen and oxygen atoms in total. The molecule has 0 amide bonds. The minimum atomic E-state index is -1.67. The van der Waals surface area contributed by atoms with E-state index >= 15 is 0 Å². The van der Waals surface area contributed by atoms with Crippen LogP contribution in [0.3, 0.4) is 0 Å². The van der Waals surface area contributed by atoms with E-state index < -0.39 is 40.4 Å². The fourth-order valence-electron chi connectivity index (χ4n) is 7.94. The molecule has 8 heteroatoms. The van der Waals surface area contributed by atoms with Crippen molar-refractivity contribution in [2.24, 2.45) is 28.6 Å². The van der Waals surface area contributed by atoms with Crippen LogP contribution in [0.15, 0.2) is 27.4 Å². The highest BCUT2D eigenvalue weighted by Gasteiger charge is 2.66. The molecule has 5 rings (SSSR count). The maximum atomic E-state index is 13.7. The number of nitrogens with zero attached hydrogens (tertiary/aromatic N) is 1. The molecule has 4 aliphatic carbocycles. The molecule has 6 atom stereocenters. The normalized spacial score (nSPS) is 39.9. The van der Waals surface area contributed by atoms with Gasteiger partial charge in [0.2, 0.25) is 5.82 Å². The number of hydrogen-bond donors (Lipinski definition) is 2. The maximum Gasteiger partial charge on any atom is 0.328 e. The number of carbonyl (C=O) groups excluding carboxylic acids is 2. The second-order valence-electron chi connectivity index (χ2n) is 11.1. The summed E-state index contributed by atoms with van der Waals surface area (Å²) in [5, 5.41) is 11.7. The number of halogens is 1. The van der Waals surface area contributed by atoms with E-state index in [1.54, 1.807) is 0 Å². The third kappa shape index (κ3) is 3.02. The van der Waals surface area contributed by atoms with Gasteiger partial charge in [-0.05, 0) is 74.2 Å². The number of carbonyl (C=O) groups is 2. The Morgan fingerprint density at radius 1 is 1.12 bits per heavy atom. The van der Waals surface area contributed by atoms with Gasteiger partial charge in [-0.15, -0.1) is 0 Å². The number of hydrogen-bond acceptors (Lipinski definition) is 5. The van der Waals surface area contributed by atoms with Crippen molar-refractivity contribution in [1.82, 2.24) is 9.55 Å². The first-order valence-corrected chi connectivity index (χ1v) is 12.0. The zero-order valence-electron chi connectivity index (χ0n) is 19.2. The molecule has 0 aliphatic heterocycles. The molecule has 1 aromatic rings. The van der Waals surface area contributed by atoms with E-state index in [-0.39, 0.29) is 23.5 Å². The summed E-state index contributed by atoms with van der Waals surface area (Å²) in [6.07, 6.45) is 8.27. The zero-order chi connectivity index (χ0) is 23.8. The van der Waals surface area contributed by atoms with Gasteiger partial charge in [-0.3, -0.25) is 19.0 Å². The average Bonchev–Trinajstić information content (AvgIpc) is 3.06. The number of rotatable bonds is 3. The van der Waals surface area contributed by atoms with Crippen LogP contribution >= 0.6 is 0 Å². The van der Waals surface area contributed by atoms with Crippen LogP contribution in [0, 0.1) is 34.4 Å². The number of nitrogens with one attached hydrogen (secondary N) is 1. The van der Waals surface area contributed by atoms with Gasteiger partial charge in [-0.2, -0.15) is 4.39 Å². The Hall–Kier alpha value is -2.35. The molecule has 0 saturated heterocycles. The van der Waals surface area contributed by atoms with Crippen molar-refractivity contribution in [3.05, 3.63) is 44.5 Å². The first-order chi connectivity index (χ1) is 15.5. The lowest BCUT2D eigenvalue weighted by atomic mass is 9.46. The monoisotopic (exact) mass is 458 g/mol. The molecule has 3 fully saturated rings. The quantitative estimate of drug-likeness (QED) is 0.723. The van der Waals surface area contributed by atoms with Gasteiger partial charge in [0.05, 0.1) is 6.54 Å². The predicted octanol–water partition coefficient (Wildman–Crippen LogP) is 2.51. The first-order valence-electron chi connectivity index (χ1n) is 12.0. The highest BCUT2D eigenvalue weighted by molar-refractivity contribution is 5.91. The highest BCUT2D eigenvalue weighted by Crippen LogP contribution is 2.67. The Morgan fingerprint density at radius 3 is 2.61 bits per heavy atom. The molecule has 3 saturated carbocycles. The lowest BCUT2D eigenvalue weighted by Gasteiger charge is -2.58. The van der Waals surface area contributed by atoms with E-state index in [9.17, 15) is 28.7 Å². The van der Waals surface area contributed by atoms with Gasteiger partial charge < -0.3 is 10.1 Å². The molecular formula is C25H31FN2O5. The smallest absolute Gasteiger partial charge is 0.328 e. The van der Waals surface area contributed by atoms with Crippen molar-refractivity contribution in [1.29, 1.82) is 0 Å². The molecule has 0 radical (unpaired) electrons. The van der Waals surface area contributed by atoms with Gasteiger partial charge in [-0.1, -0.05) is 19.4 Å². The van der Waals surface area contributed by atoms with Gasteiger partial charge in [0.15, 0.2) is 11.6 Å². The summed E-state index contributed by atoms with van der Waals surface area (Å²) >= 11 is 0. The summed E-state index contributed by atoms with van der Waals surface area (Å²) in [5.41, 5.74) is -3.11. The molecule has 33 heavy (non-hydrogen) atoms. The van der Waals surface area contributed by atoms with Gasteiger partial charge in [0.25, 0.3) is 5.56 Å². The molecule has 0 bridgehead atoms. The third-order valence-electron chi connectivity index (χ3n) is 9.89. The minimum absolute atomic E-state index is 0.00889. The van der Waals surface area contributed by atoms with Crippen molar-refractivity contribution in [2.75, 3.05) is 0 Å². The van der Waals surface area contributed by atoms with Gasteiger partial charge >= 0.3 is 5.69 Å². The second kappa shape index (κ2) is 7.32. The number of aliphatic hydroxyl groups is 1. The first kappa shape index (κ1) is 22.4. The molecule has 0 spiro atoms. The van der Waals surface area contributed by atoms with Crippen molar-refractivity contribution in [3.8, 4) is 0 Å². The Labute approximate surface area is 191 Å². The summed E-state index contributed by atoms with van der Waals surface area (Å²) in [5.74, 6) is -0.629. The number of ketones is 2. The molecule has 178 valence electrons. The Bertz CT molecular complexity index is 1180. The second-order valence-corrected chi connectivity index (χ2v) is 11.1. The number of aromatic amines is 1. The molecule has 0 unspecified atom stereocenters. The summed E-state index contributed by atoms with van der Waals surface area (Å²) in [4.78, 5) is 51.7. The topological polar surface area (TPSA) is 109 Å². The average molecular weight is 459 g/mol. The Kier molecular flexibility index (Phi) is 4.98. The molecule has 4 aliphatic rings. The largest absolute Gasteiger partial charge is 0.381 e. The SMILES string of the molecule is C[C@]12CCC(=O)C=C1CC[C@@H]1[C@@H]2CC[C@@]2(C)[C@H]1CC[C@@]2(O)C(=O)Cn1c(=O)[nH]cc(F)c1=O.